The monoisotopic (exact) mass is 293 g/mol. The summed E-state index contributed by atoms with van der Waals surface area (Å²) in [6.45, 7) is 2.91. The molecule has 1 aromatic heterocycles. The van der Waals surface area contributed by atoms with Crippen molar-refractivity contribution in [2.75, 3.05) is 32.7 Å². The fourth-order valence-electron chi connectivity index (χ4n) is 2.29. The fraction of sp³-hybridized carbons (Fsp3) is 0.500. The quantitative estimate of drug-likeness (QED) is 0.818. The number of hydrogen-bond acceptors (Lipinski definition) is 4. The normalized spacial score (nSPS) is 16.0. The van der Waals surface area contributed by atoms with E-state index in [0.717, 1.165) is 0 Å². The summed E-state index contributed by atoms with van der Waals surface area (Å²) in [6, 6.07) is 2.99. The summed E-state index contributed by atoms with van der Waals surface area (Å²) in [7, 11) is 1.64. The van der Waals surface area contributed by atoms with Gasteiger partial charge in [0, 0.05) is 57.6 Å². The van der Waals surface area contributed by atoms with Gasteiger partial charge in [-0.15, -0.1) is 0 Å². The van der Waals surface area contributed by atoms with Crippen LogP contribution in [0, 0.1) is 0 Å². The van der Waals surface area contributed by atoms with Gasteiger partial charge in [-0.25, -0.2) is 0 Å². The van der Waals surface area contributed by atoms with Crippen molar-refractivity contribution in [1.29, 1.82) is 0 Å². The highest BCUT2D eigenvalue weighted by atomic mass is 16.4. The van der Waals surface area contributed by atoms with Crippen molar-refractivity contribution in [3.63, 3.8) is 0 Å². The Labute approximate surface area is 122 Å². The Hall–Kier alpha value is -2.15. The minimum absolute atomic E-state index is 0.114. The lowest BCUT2D eigenvalue weighted by Crippen LogP contribution is -2.49. The first-order valence-corrected chi connectivity index (χ1v) is 6.87. The number of carboxylic acid groups (broad SMARTS) is 1. The lowest BCUT2D eigenvalue weighted by molar-refractivity contribution is -0.137. The van der Waals surface area contributed by atoms with E-state index in [9.17, 15) is 14.4 Å². The third-order valence-electron chi connectivity index (χ3n) is 3.65. The van der Waals surface area contributed by atoms with Gasteiger partial charge in [-0.2, -0.15) is 0 Å². The molecule has 1 aliphatic heterocycles. The van der Waals surface area contributed by atoms with Crippen LogP contribution in [0.3, 0.4) is 0 Å². The van der Waals surface area contributed by atoms with Gasteiger partial charge in [0.05, 0.1) is 6.42 Å². The number of amides is 1. The molecule has 1 amide bonds. The molecule has 1 N–H and O–H groups in total. The number of aryl methyl sites for hydroxylation is 1. The lowest BCUT2D eigenvalue weighted by atomic mass is 10.2. The summed E-state index contributed by atoms with van der Waals surface area (Å²) in [4.78, 5) is 38.1. The Morgan fingerprint density at radius 2 is 1.90 bits per heavy atom. The summed E-state index contributed by atoms with van der Waals surface area (Å²) in [5, 5.41) is 8.66. The van der Waals surface area contributed by atoms with Crippen LogP contribution in [-0.2, 0) is 11.8 Å². The number of piperazine rings is 1. The lowest BCUT2D eigenvalue weighted by Gasteiger charge is -2.34. The number of hydrogen-bond donors (Lipinski definition) is 1. The highest BCUT2D eigenvalue weighted by Gasteiger charge is 2.22. The molecule has 0 atom stereocenters. The second kappa shape index (κ2) is 6.53. The number of nitrogens with zero attached hydrogens (tertiary/aromatic N) is 3. The maximum absolute atomic E-state index is 12.3. The van der Waals surface area contributed by atoms with E-state index in [4.69, 9.17) is 5.11 Å². The van der Waals surface area contributed by atoms with Crippen molar-refractivity contribution in [2.24, 2.45) is 7.05 Å². The van der Waals surface area contributed by atoms with E-state index in [1.54, 1.807) is 24.2 Å². The van der Waals surface area contributed by atoms with Gasteiger partial charge in [0.1, 0.15) is 0 Å². The number of aromatic nitrogens is 1. The van der Waals surface area contributed by atoms with E-state index in [1.165, 1.54) is 10.6 Å². The van der Waals surface area contributed by atoms with E-state index in [0.29, 0.717) is 38.3 Å². The largest absolute Gasteiger partial charge is 0.481 e. The molecule has 0 unspecified atom stereocenters. The van der Waals surface area contributed by atoms with Crippen LogP contribution in [0.5, 0.6) is 0 Å². The summed E-state index contributed by atoms with van der Waals surface area (Å²) in [6.07, 6.45) is 1.70. The topological polar surface area (TPSA) is 82.8 Å². The number of pyridine rings is 1. The predicted molar refractivity (Wildman–Crippen MR) is 76.3 cm³/mol. The zero-order valence-electron chi connectivity index (χ0n) is 12.0. The molecule has 0 aliphatic carbocycles. The molecular formula is C14H19N3O4. The van der Waals surface area contributed by atoms with Crippen molar-refractivity contribution < 1.29 is 14.7 Å². The molecule has 1 saturated heterocycles. The van der Waals surface area contributed by atoms with Crippen molar-refractivity contribution in [3.05, 3.63) is 34.2 Å². The molecule has 1 aliphatic rings. The van der Waals surface area contributed by atoms with Crippen LogP contribution in [0.4, 0.5) is 0 Å². The van der Waals surface area contributed by atoms with Crippen LogP contribution in [0.25, 0.3) is 0 Å². The first kappa shape index (κ1) is 15.2. The second-order valence-electron chi connectivity index (χ2n) is 5.14. The first-order valence-electron chi connectivity index (χ1n) is 6.87. The highest BCUT2D eigenvalue weighted by Crippen LogP contribution is 2.07. The zero-order chi connectivity index (χ0) is 15.4. The van der Waals surface area contributed by atoms with E-state index < -0.39 is 5.97 Å². The molecule has 21 heavy (non-hydrogen) atoms. The first-order chi connectivity index (χ1) is 9.97. The average molecular weight is 293 g/mol. The second-order valence-corrected chi connectivity index (χ2v) is 5.14. The van der Waals surface area contributed by atoms with Crippen molar-refractivity contribution in [3.8, 4) is 0 Å². The van der Waals surface area contributed by atoms with E-state index in [2.05, 4.69) is 0 Å². The summed E-state index contributed by atoms with van der Waals surface area (Å²) in [5.41, 5.74) is 0.193. The Morgan fingerprint density at radius 3 is 2.48 bits per heavy atom. The van der Waals surface area contributed by atoms with Gasteiger partial charge in [0.2, 0.25) is 0 Å². The van der Waals surface area contributed by atoms with Crippen LogP contribution in [-0.4, -0.2) is 64.1 Å². The Kier molecular flexibility index (Phi) is 4.74. The smallest absolute Gasteiger partial charge is 0.304 e. The third-order valence-corrected chi connectivity index (χ3v) is 3.65. The number of aliphatic carboxylic acids is 1. The fourth-order valence-corrected chi connectivity index (χ4v) is 2.29. The number of rotatable bonds is 4. The molecule has 114 valence electrons. The maximum Gasteiger partial charge on any atom is 0.304 e. The molecule has 7 nitrogen and oxygen atoms in total. The number of carbonyl (C=O) groups is 2. The molecule has 1 aromatic rings. The Bertz CT molecular complexity index is 588. The number of carboxylic acids is 1. The molecule has 7 heteroatoms. The van der Waals surface area contributed by atoms with E-state index in [-0.39, 0.29) is 17.9 Å². The minimum atomic E-state index is -0.811. The molecular weight excluding hydrogens is 274 g/mol. The van der Waals surface area contributed by atoms with Gasteiger partial charge in [-0.1, -0.05) is 0 Å². The molecule has 2 heterocycles. The van der Waals surface area contributed by atoms with Gasteiger partial charge in [-0.05, 0) is 6.07 Å². The van der Waals surface area contributed by atoms with E-state index >= 15 is 0 Å². The van der Waals surface area contributed by atoms with Crippen molar-refractivity contribution in [1.82, 2.24) is 14.4 Å². The minimum Gasteiger partial charge on any atom is -0.481 e. The van der Waals surface area contributed by atoms with Gasteiger partial charge in [-0.3, -0.25) is 19.3 Å². The Morgan fingerprint density at radius 1 is 1.24 bits per heavy atom. The predicted octanol–water partition coefficient (Wildman–Crippen LogP) is -0.382. The van der Waals surface area contributed by atoms with Crippen LogP contribution in [0.1, 0.15) is 16.8 Å². The van der Waals surface area contributed by atoms with Gasteiger partial charge < -0.3 is 14.6 Å². The third kappa shape index (κ3) is 3.91. The van der Waals surface area contributed by atoms with Gasteiger partial charge in [0.25, 0.3) is 11.5 Å². The van der Waals surface area contributed by atoms with Crippen LogP contribution in [0.2, 0.25) is 0 Å². The molecule has 2 rings (SSSR count). The molecule has 0 aromatic carbocycles. The van der Waals surface area contributed by atoms with Gasteiger partial charge >= 0.3 is 5.97 Å². The highest BCUT2D eigenvalue weighted by molar-refractivity contribution is 5.94. The molecule has 1 fully saturated rings. The van der Waals surface area contributed by atoms with Crippen LogP contribution >= 0.6 is 0 Å². The SMILES string of the molecule is Cn1ccc(C(=O)N2CCN(CCC(=O)O)CC2)cc1=O. The summed E-state index contributed by atoms with van der Waals surface area (Å²) >= 11 is 0. The van der Waals surface area contributed by atoms with E-state index in [1.807, 2.05) is 4.90 Å². The average Bonchev–Trinajstić information content (AvgIpc) is 2.48. The molecule has 0 saturated carbocycles. The summed E-state index contributed by atoms with van der Waals surface area (Å²) < 4.78 is 1.42. The molecule has 0 radical (unpaired) electrons. The zero-order valence-corrected chi connectivity index (χ0v) is 12.0. The van der Waals surface area contributed by atoms with Crippen molar-refractivity contribution >= 4 is 11.9 Å². The number of carbonyl (C=O) groups excluding carboxylic acids is 1. The molecule has 0 spiro atoms. The van der Waals surface area contributed by atoms with Crippen LogP contribution < -0.4 is 5.56 Å². The van der Waals surface area contributed by atoms with Crippen LogP contribution in [0.15, 0.2) is 23.1 Å². The molecule has 0 bridgehead atoms. The van der Waals surface area contributed by atoms with Gasteiger partial charge in [0.15, 0.2) is 0 Å². The van der Waals surface area contributed by atoms with Crippen molar-refractivity contribution in [2.45, 2.75) is 6.42 Å². The Balaban J connectivity index is 1.92. The maximum atomic E-state index is 12.3. The standard InChI is InChI=1S/C14H19N3O4/c1-15-4-2-11(10-12(15)18)14(21)17-8-6-16(7-9-17)5-3-13(19)20/h2,4,10H,3,5-9H2,1H3,(H,19,20). The summed E-state index contributed by atoms with van der Waals surface area (Å²) in [5.74, 6) is -0.959.